The van der Waals surface area contributed by atoms with Crippen molar-refractivity contribution < 1.29 is 4.39 Å². The SMILES string of the molecule is N#Cc1c(F)cccc1Sc1nc(N)cc(N)n1. The maximum atomic E-state index is 13.4. The first-order valence-corrected chi connectivity index (χ1v) is 5.68. The van der Waals surface area contributed by atoms with E-state index in [1.807, 2.05) is 0 Å². The molecule has 1 aromatic carbocycles. The Labute approximate surface area is 107 Å². The van der Waals surface area contributed by atoms with Crippen LogP contribution in [-0.4, -0.2) is 9.97 Å². The molecule has 0 unspecified atom stereocenters. The van der Waals surface area contributed by atoms with Gasteiger partial charge in [-0.25, -0.2) is 14.4 Å². The van der Waals surface area contributed by atoms with Crippen LogP contribution in [0.3, 0.4) is 0 Å². The molecule has 2 rings (SSSR count). The Bertz CT molecular complexity index is 618. The molecule has 5 nitrogen and oxygen atoms in total. The first kappa shape index (κ1) is 12.1. The minimum Gasteiger partial charge on any atom is -0.383 e. The number of aromatic nitrogens is 2. The Morgan fingerprint density at radius 1 is 1.22 bits per heavy atom. The molecule has 0 aliphatic carbocycles. The molecule has 0 radical (unpaired) electrons. The van der Waals surface area contributed by atoms with Crippen LogP contribution in [0.2, 0.25) is 0 Å². The van der Waals surface area contributed by atoms with Crippen molar-refractivity contribution in [3.05, 3.63) is 35.6 Å². The lowest BCUT2D eigenvalue weighted by molar-refractivity contribution is 0.620. The first-order chi connectivity index (χ1) is 8.60. The second-order valence-corrected chi connectivity index (χ2v) is 4.34. The molecule has 18 heavy (non-hydrogen) atoms. The Kier molecular flexibility index (Phi) is 3.30. The summed E-state index contributed by atoms with van der Waals surface area (Å²) in [5, 5.41) is 9.17. The van der Waals surface area contributed by atoms with Crippen molar-refractivity contribution in [1.82, 2.24) is 9.97 Å². The smallest absolute Gasteiger partial charge is 0.196 e. The lowest BCUT2D eigenvalue weighted by Gasteiger charge is -2.04. The van der Waals surface area contributed by atoms with E-state index in [1.54, 1.807) is 12.1 Å². The molecule has 1 aromatic heterocycles. The zero-order valence-electron chi connectivity index (χ0n) is 9.09. The molecule has 0 aliphatic rings. The molecular formula is C11H8FN5S. The van der Waals surface area contributed by atoms with E-state index in [1.165, 1.54) is 18.2 Å². The van der Waals surface area contributed by atoms with Crippen LogP contribution >= 0.6 is 11.8 Å². The number of anilines is 2. The molecule has 0 saturated heterocycles. The van der Waals surface area contributed by atoms with E-state index in [4.69, 9.17) is 16.7 Å². The predicted molar refractivity (Wildman–Crippen MR) is 66.1 cm³/mol. The van der Waals surface area contributed by atoms with E-state index in [-0.39, 0.29) is 22.4 Å². The number of hydrogen-bond donors (Lipinski definition) is 2. The number of nitrogen functional groups attached to an aromatic ring is 2. The number of halogens is 1. The second kappa shape index (κ2) is 4.89. The molecule has 1 heterocycles. The highest BCUT2D eigenvalue weighted by molar-refractivity contribution is 7.99. The van der Waals surface area contributed by atoms with Gasteiger partial charge in [0.05, 0.1) is 0 Å². The summed E-state index contributed by atoms with van der Waals surface area (Å²) in [7, 11) is 0. The number of benzene rings is 1. The normalized spacial score (nSPS) is 10.0. The van der Waals surface area contributed by atoms with E-state index < -0.39 is 5.82 Å². The molecule has 0 spiro atoms. The molecule has 0 bridgehead atoms. The molecular weight excluding hydrogens is 253 g/mol. The predicted octanol–water partition coefficient (Wildman–Crippen LogP) is 1.80. The van der Waals surface area contributed by atoms with Crippen molar-refractivity contribution in [1.29, 1.82) is 5.26 Å². The maximum Gasteiger partial charge on any atom is 0.196 e. The molecule has 7 heteroatoms. The fourth-order valence-corrected chi connectivity index (χ4v) is 2.19. The second-order valence-electron chi connectivity index (χ2n) is 3.33. The highest BCUT2D eigenvalue weighted by Gasteiger charge is 2.11. The number of nitriles is 1. The fraction of sp³-hybridized carbons (Fsp3) is 0. The van der Waals surface area contributed by atoms with E-state index in [2.05, 4.69) is 9.97 Å². The molecule has 0 amide bonds. The Balaban J connectivity index is 2.40. The maximum absolute atomic E-state index is 13.4. The number of nitrogens with zero attached hydrogens (tertiary/aromatic N) is 3. The van der Waals surface area contributed by atoms with Gasteiger partial charge in [-0.15, -0.1) is 0 Å². The van der Waals surface area contributed by atoms with Crippen LogP contribution in [0.15, 0.2) is 34.3 Å². The molecule has 4 N–H and O–H groups in total. The number of rotatable bonds is 2. The zero-order chi connectivity index (χ0) is 13.1. The minimum absolute atomic E-state index is 0.0490. The summed E-state index contributed by atoms with van der Waals surface area (Å²) in [6.07, 6.45) is 0. The Hall–Kier alpha value is -2.33. The van der Waals surface area contributed by atoms with Gasteiger partial charge < -0.3 is 11.5 Å². The van der Waals surface area contributed by atoms with Gasteiger partial charge in [0.2, 0.25) is 0 Å². The van der Waals surface area contributed by atoms with Crippen LogP contribution in [0.4, 0.5) is 16.0 Å². The van der Waals surface area contributed by atoms with E-state index in [0.717, 1.165) is 11.8 Å². The Morgan fingerprint density at radius 2 is 1.89 bits per heavy atom. The van der Waals surface area contributed by atoms with Crippen molar-refractivity contribution in [3.8, 4) is 6.07 Å². The lowest BCUT2D eigenvalue weighted by atomic mass is 10.2. The van der Waals surface area contributed by atoms with Crippen LogP contribution in [0.25, 0.3) is 0 Å². The standard InChI is InChI=1S/C11H8FN5S/c12-7-2-1-3-8(6(7)5-13)18-11-16-9(14)4-10(15)17-11/h1-4H,(H4,14,15,16,17). The molecule has 0 atom stereocenters. The molecule has 0 aliphatic heterocycles. The fourth-order valence-electron chi connectivity index (χ4n) is 1.30. The van der Waals surface area contributed by atoms with Crippen molar-refractivity contribution in [3.63, 3.8) is 0 Å². The quantitative estimate of drug-likeness (QED) is 0.799. The zero-order valence-corrected chi connectivity index (χ0v) is 9.91. The van der Waals surface area contributed by atoms with Gasteiger partial charge >= 0.3 is 0 Å². The third kappa shape index (κ3) is 2.49. The third-order valence-electron chi connectivity index (χ3n) is 2.03. The van der Waals surface area contributed by atoms with Gasteiger partial charge in [0.15, 0.2) is 5.16 Å². The van der Waals surface area contributed by atoms with Crippen LogP contribution < -0.4 is 11.5 Å². The van der Waals surface area contributed by atoms with Gasteiger partial charge in [0, 0.05) is 11.0 Å². The summed E-state index contributed by atoms with van der Waals surface area (Å²) in [4.78, 5) is 8.32. The highest BCUT2D eigenvalue weighted by Crippen LogP contribution is 2.29. The van der Waals surface area contributed by atoms with Gasteiger partial charge in [-0.3, -0.25) is 0 Å². The molecule has 90 valence electrons. The first-order valence-electron chi connectivity index (χ1n) is 4.86. The van der Waals surface area contributed by atoms with E-state index >= 15 is 0 Å². The van der Waals surface area contributed by atoms with Gasteiger partial charge in [-0.05, 0) is 23.9 Å². The van der Waals surface area contributed by atoms with Gasteiger partial charge in [0.25, 0.3) is 0 Å². The van der Waals surface area contributed by atoms with E-state index in [0.29, 0.717) is 4.90 Å². The third-order valence-corrected chi connectivity index (χ3v) is 2.96. The van der Waals surface area contributed by atoms with Crippen molar-refractivity contribution >= 4 is 23.4 Å². The van der Waals surface area contributed by atoms with Crippen LogP contribution in [0, 0.1) is 17.1 Å². The monoisotopic (exact) mass is 261 g/mol. The van der Waals surface area contributed by atoms with Crippen LogP contribution in [0.1, 0.15) is 5.56 Å². The van der Waals surface area contributed by atoms with Gasteiger partial charge in [-0.1, -0.05) is 6.07 Å². The van der Waals surface area contributed by atoms with Gasteiger partial charge in [-0.2, -0.15) is 5.26 Å². The van der Waals surface area contributed by atoms with Crippen molar-refractivity contribution in [2.24, 2.45) is 0 Å². The number of nitrogens with two attached hydrogens (primary N) is 2. The largest absolute Gasteiger partial charge is 0.383 e. The van der Waals surface area contributed by atoms with Crippen molar-refractivity contribution in [2.45, 2.75) is 10.1 Å². The van der Waals surface area contributed by atoms with Gasteiger partial charge in [0.1, 0.15) is 29.1 Å². The summed E-state index contributed by atoms with van der Waals surface area (Å²) < 4.78 is 13.4. The average molecular weight is 261 g/mol. The molecule has 2 aromatic rings. The highest BCUT2D eigenvalue weighted by atomic mass is 32.2. The summed E-state index contributed by atoms with van der Waals surface area (Å²) in [5.41, 5.74) is 11.0. The van der Waals surface area contributed by atoms with E-state index in [9.17, 15) is 4.39 Å². The summed E-state index contributed by atoms with van der Waals surface area (Å²) in [6, 6.07) is 7.55. The number of hydrogen-bond acceptors (Lipinski definition) is 6. The van der Waals surface area contributed by atoms with Crippen LogP contribution in [0.5, 0.6) is 0 Å². The molecule has 0 fully saturated rings. The topological polar surface area (TPSA) is 102 Å². The lowest BCUT2D eigenvalue weighted by Crippen LogP contribution is -1.99. The molecule has 0 saturated carbocycles. The summed E-state index contributed by atoms with van der Waals surface area (Å²) >= 11 is 1.04. The van der Waals surface area contributed by atoms with Crippen LogP contribution in [-0.2, 0) is 0 Å². The minimum atomic E-state index is -0.584. The summed E-state index contributed by atoms with van der Waals surface area (Å²) in [5.74, 6) is -0.140. The van der Waals surface area contributed by atoms with Crippen molar-refractivity contribution in [2.75, 3.05) is 11.5 Å². The Morgan fingerprint density at radius 3 is 2.50 bits per heavy atom. The average Bonchev–Trinajstić information content (AvgIpc) is 2.27. The summed E-state index contributed by atoms with van der Waals surface area (Å²) in [6.45, 7) is 0.